The van der Waals surface area contributed by atoms with E-state index < -0.39 is 24.2 Å². The minimum atomic E-state index is -2.94. The molecule has 1 aliphatic rings. The second-order valence-corrected chi connectivity index (χ2v) is 7.57. The van der Waals surface area contributed by atoms with Gasteiger partial charge in [0, 0.05) is 43.4 Å². The van der Waals surface area contributed by atoms with Crippen LogP contribution in [0.5, 0.6) is 0 Å². The van der Waals surface area contributed by atoms with Gasteiger partial charge >= 0.3 is 5.97 Å². The molecule has 0 saturated heterocycles. The number of pyridine rings is 1. The van der Waals surface area contributed by atoms with E-state index in [4.69, 9.17) is 5.11 Å². The number of nitrogens with one attached hydrogen (secondary N) is 1. The lowest BCUT2D eigenvalue weighted by atomic mass is 9.89. The van der Waals surface area contributed by atoms with Crippen LogP contribution in [0.2, 0.25) is 0 Å². The van der Waals surface area contributed by atoms with Crippen molar-refractivity contribution in [2.24, 2.45) is 0 Å². The Balaban J connectivity index is 1.50. The second kappa shape index (κ2) is 9.71. The molecule has 3 rings (SSSR count). The summed E-state index contributed by atoms with van der Waals surface area (Å²) in [5.41, 5.74) is 2.55. The summed E-state index contributed by atoms with van der Waals surface area (Å²) < 4.78 is 29.0. The van der Waals surface area contributed by atoms with Crippen LogP contribution in [-0.2, 0) is 17.6 Å². The fourth-order valence-corrected chi connectivity index (χ4v) is 3.70. The molecule has 29 heavy (non-hydrogen) atoms. The Kier molecular flexibility index (Phi) is 7.06. The number of alkyl halides is 2. The largest absolute Gasteiger partial charge is 0.481 e. The molecule has 0 spiro atoms. The highest BCUT2D eigenvalue weighted by molar-refractivity contribution is 5.68. The minimum Gasteiger partial charge on any atom is -0.481 e. The van der Waals surface area contributed by atoms with Crippen molar-refractivity contribution in [1.82, 2.24) is 15.0 Å². The molecule has 8 heteroatoms. The summed E-state index contributed by atoms with van der Waals surface area (Å²) in [6, 6.07) is 4.04. The lowest BCUT2D eigenvalue weighted by molar-refractivity contribution is -0.138. The quantitative estimate of drug-likeness (QED) is 0.576. The molecule has 156 valence electrons. The number of nitrogens with zero attached hydrogens (tertiary/aromatic N) is 3. The average molecular weight is 404 g/mol. The van der Waals surface area contributed by atoms with E-state index >= 15 is 0 Å². The molecular weight excluding hydrogens is 378 g/mol. The van der Waals surface area contributed by atoms with E-state index in [0.29, 0.717) is 24.8 Å². The van der Waals surface area contributed by atoms with Crippen molar-refractivity contribution in [3.8, 4) is 0 Å². The highest BCUT2D eigenvalue weighted by Gasteiger charge is 2.34. The van der Waals surface area contributed by atoms with Crippen molar-refractivity contribution in [3.63, 3.8) is 0 Å². The maximum Gasteiger partial charge on any atom is 0.303 e. The van der Waals surface area contributed by atoms with Gasteiger partial charge in [0.25, 0.3) is 0 Å². The first-order valence-corrected chi connectivity index (χ1v) is 10.0. The monoisotopic (exact) mass is 404 g/mol. The van der Waals surface area contributed by atoms with Crippen molar-refractivity contribution >= 4 is 11.8 Å². The van der Waals surface area contributed by atoms with Gasteiger partial charge in [-0.1, -0.05) is 6.07 Å². The summed E-state index contributed by atoms with van der Waals surface area (Å²) in [6.07, 6.45) is 6.68. The van der Waals surface area contributed by atoms with Gasteiger partial charge < -0.3 is 10.4 Å². The number of carboxylic acid groups (broad SMARTS) is 1. The average Bonchev–Trinajstić information content (AvgIpc) is 2.71. The fraction of sp³-hybridized carbons (Fsp3) is 0.524. The van der Waals surface area contributed by atoms with Gasteiger partial charge in [-0.15, -0.1) is 0 Å². The summed E-state index contributed by atoms with van der Waals surface area (Å²) in [5, 5.41) is 12.3. The molecule has 2 aromatic rings. The molecule has 0 fully saturated rings. The molecule has 1 atom stereocenters. The van der Waals surface area contributed by atoms with Gasteiger partial charge in [0.05, 0.1) is 6.42 Å². The van der Waals surface area contributed by atoms with Gasteiger partial charge in [0.15, 0.2) is 0 Å². The minimum absolute atomic E-state index is 0.278. The van der Waals surface area contributed by atoms with Crippen LogP contribution >= 0.6 is 0 Å². The van der Waals surface area contributed by atoms with E-state index in [1.54, 1.807) is 0 Å². The normalized spacial score (nSPS) is 14.7. The van der Waals surface area contributed by atoms with E-state index in [-0.39, 0.29) is 12.8 Å². The van der Waals surface area contributed by atoms with E-state index in [2.05, 4.69) is 26.3 Å². The van der Waals surface area contributed by atoms with Crippen LogP contribution in [-0.4, -0.2) is 38.5 Å². The van der Waals surface area contributed by atoms with Gasteiger partial charge in [-0.05, 0) is 49.3 Å². The summed E-state index contributed by atoms with van der Waals surface area (Å²) in [7, 11) is 0. The molecule has 0 radical (unpaired) electrons. The molecule has 2 N–H and O–H groups in total. The molecule has 0 unspecified atom stereocenters. The van der Waals surface area contributed by atoms with Crippen molar-refractivity contribution in [2.75, 3.05) is 11.9 Å². The SMILES string of the molecule is O=C(O)C[C@H](CC(F)(F)CCCCc1ccc2c(n1)NCCC2)c1cncnc1. The first kappa shape index (κ1) is 21.1. The van der Waals surface area contributed by atoms with E-state index in [1.165, 1.54) is 24.3 Å². The van der Waals surface area contributed by atoms with Crippen LogP contribution in [0.4, 0.5) is 14.6 Å². The number of halogens is 2. The smallest absolute Gasteiger partial charge is 0.303 e. The number of rotatable bonds is 10. The number of hydrogen-bond acceptors (Lipinski definition) is 5. The molecule has 0 saturated carbocycles. The number of hydrogen-bond donors (Lipinski definition) is 2. The number of fused-ring (bicyclic) bond motifs is 1. The maximum atomic E-state index is 14.5. The first-order chi connectivity index (χ1) is 13.9. The van der Waals surface area contributed by atoms with Gasteiger partial charge in [0.2, 0.25) is 5.92 Å². The van der Waals surface area contributed by atoms with Crippen LogP contribution in [0.25, 0.3) is 0 Å². The highest BCUT2D eigenvalue weighted by Crippen LogP contribution is 2.35. The van der Waals surface area contributed by atoms with Crippen LogP contribution in [0.15, 0.2) is 30.9 Å². The summed E-state index contributed by atoms with van der Waals surface area (Å²) in [6.45, 7) is 0.916. The summed E-state index contributed by atoms with van der Waals surface area (Å²) in [5.74, 6) is -3.94. The van der Waals surface area contributed by atoms with Crippen LogP contribution in [0.3, 0.4) is 0 Å². The zero-order chi connectivity index (χ0) is 20.7. The summed E-state index contributed by atoms with van der Waals surface area (Å²) in [4.78, 5) is 23.3. The number of aromatic nitrogens is 3. The van der Waals surface area contributed by atoms with Gasteiger partial charge in [-0.2, -0.15) is 0 Å². The van der Waals surface area contributed by atoms with Gasteiger partial charge in [0.1, 0.15) is 12.1 Å². The molecule has 0 bridgehead atoms. The number of carbonyl (C=O) groups is 1. The van der Waals surface area contributed by atoms with Crippen molar-refractivity contribution in [1.29, 1.82) is 0 Å². The number of carboxylic acids is 1. The van der Waals surface area contributed by atoms with Crippen LogP contribution < -0.4 is 5.32 Å². The molecule has 0 aromatic carbocycles. The zero-order valence-electron chi connectivity index (χ0n) is 16.3. The number of unbranched alkanes of at least 4 members (excludes halogenated alkanes) is 1. The maximum absolute atomic E-state index is 14.5. The Morgan fingerprint density at radius 2 is 2.03 bits per heavy atom. The number of aryl methyl sites for hydroxylation is 2. The van der Waals surface area contributed by atoms with Crippen molar-refractivity contribution in [2.45, 2.75) is 63.2 Å². The molecule has 1 aliphatic heterocycles. The lowest BCUT2D eigenvalue weighted by Gasteiger charge is -2.22. The Labute approximate surface area is 168 Å². The van der Waals surface area contributed by atoms with E-state index in [1.807, 2.05) is 6.07 Å². The van der Waals surface area contributed by atoms with Gasteiger partial charge in [-0.25, -0.2) is 23.7 Å². The van der Waals surface area contributed by atoms with Crippen molar-refractivity contribution < 1.29 is 18.7 Å². The third-order valence-electron chi connectivity index (χ3n) is 5.20. The highest BCUT2D eigenvalue weighted by atomic mass is 19.3. The lowest BCUT2D eigenvalue weighted by Crippen LogP contribution is -2.22. The first-order valence-electron chi connectivity index (χ1n) is 10.0. The molecule has 3 heterocycles. The predicted molar refractivity (Wildman–Crippen MR) is 105 cm³/mol. The number of aliphatic carboxylic acids is 1. The third kappa shape index (κ3) is 6.44. The van der Waals surface area contributed by atoms with Crippen LogP contribution in [0, 0.1) is 0 Å². The predicted octanol–water partition coefficient (Wildman–Crippen LogP) is 4.23. The zero-order valence-corrected chi connectivity index (χ0v) is 16.3. The molecular formula is C21H26F2N4O2. The Hall–Kier alpha value is -2.64. The Bertz CT molecular complexity index is 818. The third-order valence-corrected chi connectivity index (χ3v) is 5.20. The topological polar surface area (TPSA) is 88.0 Å². The molecule has 2 aromatic heterocycles. The van der Waals surface area contributed by atoms with E-state index in [9.17, 15) is 13.6 Å². The molecule has 0 amide bonds. The summed E-state index contributed by atoms with van der Waals surface area (Å²) >= 11 is 0. The fourth-order valence-electron chi connectivity index (χ4n) is 3.70. The second-order valence-electron chi connectivity index (χ2n) is 7.57. The molecule has 6 nitrogen and oxygen atoms in total. The molecule has 0 aliphatic carbocycles. The Morgan fingerprint density at radius 1 is 1.24 bits per heavy atom. The van der Waals surface area contributed by atoms with Crippen LogP contribution in [0.1, 0.15) is 61.3 Å². The Morgan fingerprint density at radius 3 is 2.79 bits per heavy atom. The van der Waals surface area contributed by atoms with E-state index in [0.717, 1.165) is 30.9 Å². The van der Waals surface area contributed by atoms with Crippen molar-refractivity contribution in [3.05, 3.63) is 47.7 Å². The standard InChI is InChI=1S/C21H26F2N4O2/c22-21(23,11-16(10-19(28)29)17-12-24-14-25-13-17)8-2-1-5-18-7-6-15-4-3-9-26-20(15)27-18/h6-7,12-14,16H,1-5,8-11H2,(H,26,27)(H,28,29)/t16-/m1/s1. The van der Waals surface area contributed by atoms with Gasteiger partial charge in [-0.3, -0.25) is 4.79 Å². The number of anilines is 1.